The number of hydrogen-bond acceptors (Lipinski definition) is 4. The van der Waals surface area contributed by atoms with Crippen LogP contribution >= 0.6 is 0 Å². The van der Waals surface area contributed by atoms with Crippen molar-refractivity contribution in [1.29, 1.82) is 0 Å². The van der Waals surface area contributed by atoms with Crippen molar-refractivity contribution in [3.63, 3.8) is 0 Å². The second-order valence-corrected chi connectivity index (χ2v) is 21.1. The van der Waals surface area contributed by atoms with E-state index in [-0.39, 0.29) is 65.2 Å². The van der Waals surface area contributed by atoms with Crippen molar-refractivity contribution in [2.45, 2.75) is 112 Å². The molecule has 6 aromatic carbocycles. The number of hydrogen-bond donors (Lipinski definition) is 0. The molecule has 0 saturated heterocycles. The normalized spacial score (nSPS) is 15.3. The fourth-order valence-electron chi connectivity index (χ4n) is 8.23. The van der Waals surface area contributed by atoms with Crippen LogP contribution in [0.25, 0.3) is 38.8 Å². The second kappa shape index (κ2) is 16.7. The monoisotopic (exact) mass is 1040 g/mol. The summed E-state index contributed by atoms with van der Waals surface area (Å²) in [5.74, 6) is 1.09. The molecule has 5 nitrogen and oxygen atoms in total. The van der Waals surface area contributed by atoms with E-state index in [1.165, 1.54) is 29.0 Å². The number of fused-ring (bicyclic) bond motifs is 4. The van der Waals surface area contributed by atoms with Crippen molar-refractivity contribution < 1.29 is 36.8 Å². The smallest absolute Gasteiger partial charge is 0.135 e. The van der Waals surface area contributed by atoms with Crippen molar-refractivity contribution in [3.8, 4) is 28.4 Å². The molecule has 0 N–H and O–H groups in total. The van der Waals surface area contributed by atoms with Gasteiger partial charge in [0.25, 0.3) is 0 Å². The van der Waals surface area contributed by atoms with Crippen LogP contribution in [0.5, 0.6) is 11.5 Å². The maximum absolute atomic E-state index is 8.67. The van der Waals surface area contributed by atoms with E-state index < -0.39 is 37.1 Å². The summed E-state index contributed by atoms with van der Waals surface area (Å²) in [6.07, 6.45) is 1.29. The quantitative estimate of drug-likeness (QED) is 0.155. The zero-order chi connectivity index (χ0) is 52.4. The molecule has 2 aromatic heterocycles. The van der Waals surface area contributed by atoms with Gasteiger partial charge >= 0.3 is 0 Å². The molecule has 3 heterocycles. The van der Waals surface area contributed by atoms with Gasteiger partial charge in [-0.2, -0.15) is 12.1 Å². The van der Waals surface area contributed by atoms with Crippen LogP contribution < -0.4 is 14.5 Å². The molecule has 6 heteroatoms. The van der Waals surface area contributed by atoms with Gasteiger partial charge in [0.15, 0.2) is 0 Å². The van der Waals surface area contributed by atoms with Crippen LogP contribution in [0.4, 0.5) is 22.7 Å². The van der Waals surface area contributed by atoms with E-state index in [9.17, 15) is 0 Å². The minimum atomic E-state index is -2.75. The molecular weight excluding hydrogens is 976 g/mol. The summed E-state index contributed by atoms with van der Waals surface area (Å²) < 4.78 is 76.5. The number of aryl methyl sites for hydroxylation is 1. The Kier molecular flexibility index (Phi) is 9.37. The molecule has 0 amide bonds. The van der Waals surface area contributed by atoms with Gasteiger partial charge in [0.1, 0.15) is 5.82 Å². The first kappa shape index (κ1) is 36.6. The van der Waals surface area contributed by atoms with Gasteiger partial charge in [0.05, 0.1) is 6.85 Å². The summed E-state index contributed by atoms with van der Waals surface area (Å²) >= 11 is 0. The van der Waals surface area contributed by atoms with Crippen molar-refractivity contribution in [3.05, 3.63) is 174 Å². The third-order valence-electron chi connectivity index (χ3n) is 12.2. The molecule has 0 bridgehead atoms. The largest absolute Gasteiger partial charge is 0.509 e. The molecule has 9 rings (SSSR count). The predicted octanol–water partition coefficient (Wildman–Crippen LogP) is 16.1. The molecular formula is C59H61N4OPt-3. The van der Waals surface area contributed by atoms with Crippen LogP contribution in [0.15, 0.2) is 127 Å². The van der Waals surface area contributed by atoms with Crippen LogP contribution in [0.1, 0.15) is 122 Å². The number of pyridine rings is 1. The van der Waals surface area contributed by atoms with Gasteiger partial charge in [-0.1, -0.05) is 143 Å². The van der Waals surface area contributed by atoms with Crippen LogP contribution in [-0.2, 0) is 42.7 Å². The first-order valence-electron chi connectivity index (χ1n) is 26.0. The topological polar surface area (TPSA) is 33.5 Å². The average Bonchev–Trinajstić information content (AvgIpc) is 3.84. The molecule has 336 valence electrons. The second-order valence-electron chi connectivity index (χ2n) is 21.1. The zero-order valence-corrected chi connectivity index (χ0v) is 41.6. The standard InChI is InChI=1S/C59H61N4O.Pt/c1-38-28-55(60-36-50(38)39-18-15-14-16-19-39)63-51-26-22-40(56(2,3)4)32-49(51)48-25-24-47(35-53(48)63)64-46-21-17-20-44(34-46)61-37-62(52-27-23-41(33-54(52)61)57(5,6)7)45-30-42(58(8,9)10)29-43(31-45)59(11,12)13;/h14-33,36-37H,1-13H3;/q-3;/i1D3,14D,15D,16D,18D,19D;. The number of ether oxygens (including phenoxy) is 1. The van der Waals surface area contributed by atoms with E-state index in [1.807, 2.05) is 47.0 Å². The van der Waals surface area contributed by atoms with Crippen LogP contribution in [-0.4, -0.2) is 9.55 Å². The maximum Gasteiger partial charge on any atom is 0.135 e. The molecule has 0 saturated carbocycles. The Morgan fingerprint density at radius 3 is 1.92 bits per heavy atom. The molecule has 1 aliphatic rings. The average molecular weight is 1050 g/mol. The van der Waals surface area contributed by atoms with E-state index in [0.29, 0.717) is 17.0 Å². The third-order valence-corrected chi connectivity index (χ3v) is 12.2. The predicted molar refractivity (Wildman–Crippen MR) is 269 cm³/mol. The summed E-state index contributed by atoms with van der Waals surface area (Å²) in [5.41, 5.74) is 9.09. The Morgan fingerprint density at radius 2 is 1.26 bits per heavy atom. The number of benzene rings is 6. The van der Waals surface area contributed by atoms with E-state index in [4.69, 9.17) is 20.7 Å². The van der Waals surface area contributed by atoms with E-state index in [1.54, 1.807) is 0 Å². The fourth-order valence-corrected chi connectivity index (χ4v) is 8.23. The summed E-state index contributed by atoms with van der Waals surface area (Å²) in [6.45, 7) is 26.0. The minimum Gasteiger partial charge on any atom is -0.509 e. The Morgan fingerprint density at radius 1 is 0.615 bits per heavy atom. The third kappa shape index (κ3) is 8.89. The zero-order valence-electron chi connectivity index (χ0n) is 47.3. The van der Waals surface area contributed by atoms with Gasteiger partial charge in [-0.3, -0.25) is 0 Å². The Balaban J connectivity index is 0.00000711. The first-order valence-corrected chi connectivity index (χ1v) is 22.0. The van der Waals surface area contributed by atoms with Crippen molar-refractivity contribution in [2.75, 3.05) is 9.80 Å². The van der Waals surface area contributed by atoms with Crippen molar-refractivity contribution in [1.82, 2.24) is 9.55 Å². The molecule has 65 heavy (non-hydrogen) atoms. The van der Waals surface area contributed by atoms with Crippen molar-refractivity contribution >= 4 is 44.6 Å². The molecule has 0 atom stereocenters. The summed E-state index contributed by atoms with van der Waals surface area (Å²) in [7, 11) is 0. The minimum absolute atomic E-state index is 0. The van der Waals surface area contributed by atoms with E-state index in [2.05, 4.69) is 154 Å². The van der Waals surface area contributed by atoms with Crippen LogP contribution in [0, 0.1) is 25.7 Å². The number of anilines is 4. The number of nitrogens with zero attached hydrogens (tertiary/aromatic N) is 4. The molecule has 0 aliphatic carbocycles. The van der Waals surface area contributed by atoms with Gasteiger partial charge in [-0.25, -0.2) is 4.98 Å². The molecule has 8 aromatic rings. The molecule has 0 radical (unpaired) electrons. The Bertz CT molecular complexity index is 3420. The molecule has 1 aliphatic heterocycles. The van der Waals surface area contributed by atoms with Gasteiger partial charge in [0.2, 0.25) is 0 Å². The SMILES string of the molecule is [2H]c1c([2H])c([2H])c(-c2cnc(-n3c4[c-]c(Oc5[c-]c(N6[CH-]N(c7cc(C(C)(C)C)cc(C(C)(C)C)c7)c7ccc(C(C)(C)C)cc76)ccc5)ccc4c4cc(C(C)(C)C)ccc43)cc2C([2H])([2H])[2H])c([2H])c1[2H].[Pt]. The fraction of sp³-hybridized carbons (Fsp3) is 0.288. The van der Waals surface area contributed by atoms with Gasteiger partial charge in [-0.15, -0.1) is 48.1 Å². The Labute approximate surface area is 413 Å². The van der Waals surface area contributed by atoms with Crippen molar-refractivity contribution in [2.24, 2.45) is 0 Å². The summed E-state index contributed by atoms with van der Waals surface area (Å²) in [4.78, 5) is 9.20. The summed E-state index contributed by atoms with van der Waals surface area (Å²) in [6, 6.07) is 35.2. The number of rotatable bonds is 6. The molecule has 0 spiro atoms. The van der Waals surface area contributed by atoms with E-state index >= 15 is 0 Å². The first-order chi connectivity index (χ1) is 33.4. The number of aromatic nitrogens is 2. The van der Waals surface area contributed by atoms with E-state index in [0.717, 1.165) is 44.6 Å². The Hall–Kier alpha value is -5.64. The van der Waals surface area contributed by atoms with Crippen LogP contribution in [0.2, 0.25) is 0 Å². The van der Waals surface area contributed by atoms with Crippen LogP contribution in [0.3, 0.4) is 0 Å². The summed E-state index contributed by atoms with van der Waals surface area (Å²) in [5, 5.41) is 1.72. The van der Waals surface area contributed by atoms with Gasteiger partial charge in [0, 0.05) is 71.0 Å². The molecule has 0 fully saturated rings. The van der Waals surface area contributed by atoms with Gasteiger partial charge < -0.3 is 19.1 Å². The van der Waals surface area contributed by atoms with Gasteiger partial charge in [-0.05, 0) is 104 Å². The maximum atomic E-state index is 8.67. The molecule has 0 unspecified atom stereocenters.